The number of amides is 1. The number of nitrogens with zero attached hydrogens (tertiary/aromatic N) is 3. The van der Waals surface area contributed by atoms with Gasteiger partial charge in [0.05, 0.1) is 17.1 Å². The Labute approximate surface area is 174 Å². The van der Waals surface area contributed by atoms with Crippen molar-refractivity contribution in [2.45, 2.75) is 19.8 Å². The molecular weight excluding hydrogens is 424 g/mol. The van der Waals surface area contributed by atoms with Crippen molar-refractivity contribution in [2.75, 3.05) is 37.9 Å². The van der Waals surface area contributed by atoms with Crippen LogP contribution in [0, 0.1) is 0 Å². The van der Waals surface area contributed by atoms with E-state index in [9.17, 15) is 18.0 Å². The van der Waals surface area contributed by atoms with Gasteiger partial charge in [-0.25, -0.2) is 13.4 Å². The average molecular weight is 447 g/mol. The molecule has 154 valence electrons. The third kappa shape index (κ3) is 5.19. The molecule has 0 atom stereocenters. The largest absolute Gasteiger partial charge is 0.340 e. The molecule has 0 saturated carbocycles. The number of aromatic nitrogens is 1. The molecule has 2 aliphatic rings. The molecule has 28 heavy (non-hydrogen) atoms. The Balaban J connectivity index is 0.00000280. The summed E-state index contributed by atoms with van der Waals surface area (Å²) < 4.78 is 27.5. The summed E-state index contributed by atoms with van der Waals surface area (Å²) in [5, 5.41) is 2.03. The fourth-order valence-electron chi connectivity index (χ4n) is 2.93. The van der Waals surface area contributed by atoms with Gasteiger partial charge in [-0.2, -0.15) is 0 Å². The van der Waals surface area contributed by atoms with E-state index in [4.69, 9.17) is 0 Å². The average Bonchev–Trinajstić information content (AvgIpc) is 3.03. The molecule has 0 unspecified atom stereocenters. The number of nitrogens with one attached hydrogen (secondary N) is 1. The maximum absolute atomic E-state index is 12.5. The topological polar surface area (TPSA) is 99.7 Å². The summed E-state index contributed by atoms with van der Waals surface area (Å²) in [5.74, 6) is -0.106. The molecule has 2 heterocycles. The van der Waals surface area contributed by atoms with Gasteiger partial charge in [0.15, 0.2) is 10.9 Å². The van der Waals surface area contributed by atoms with Crippen molar-refractivity contribution in [3.63, 3.8) is 0 Å². The third-order valence-corrected chi connectivity index (χ3v) is 6.99. The van der Waals surface area contributed by atoms with E-state index in [2.05, 4.69) is 9.71 Å². The number of carbonyl (C=O) groups excluding carboxylic acids is 2. The fraction of sp³-hybridized carbons (Fsp3) is 0.471. The molecule has 1 amide bonds. The van der Waals surface area contributed by atoms with Gasteiger partial charge in [0.2, 0.25) is 5.91 Å². The lowest BCUT2D eigenvalue weighted by Crippen LogP contribution is -2.49. The molecule has 0 aromatic carbocycles. The third-order valence-electron chi connectivity index (χ3n) is 4.57. The van der Waals surface area contributed by atoms with Crippen LogP contribution in [0.4, 0.5) is 5.13 Å². The molecule has 1 saturated heterocycles. The standard InChI is InChI=1S/C17H22N4O4S2.ClH/c1-12-14(22)4-3-5-15(12)27(24,25)19-17-18-13(11-26-17)6-7-21-9-8-20(2)10-16(21)23;/h3,5,11H,4,6-10H2,1-2H3,(H,18,19);1H. The normalized spacial score (nSPS) is 18.4. The van der Waals surface area contributed by atoms with E-state index < -0.39 is 10.0 Å². The number of rotatable bonds is 6. The van der Waals surface area contributed by atoms with Gasteiger partial charge in [-0.1, -0.05) is 6.08 Å². The summed E-state index contributed by atoms with van der Waals surface area (Å²) >= 11 is 1.19. The van der Waals surface area contributed by atoms with Gasteiger partial charge in [0, 0.05) is 43.4 Å². The smallest absolute Gasteiger partial charge is 0.264 e. The first-order valence-corrected chi connectivity index (χ1v) is 11.0. The highest BCUT2D eigenvalue weighted by atomic mass is 35.5. The van der Waals surface area contributed by atoms with E-state index in [1.165, 1.54) is 24.3 Å². The SMILES string of the molecule is CC1=C(S(=O)(=O)Nc2nc(CCN3CCN(C)CC3=O)cs2)C=CCC1=O.Cl. The van der Waals surface area contributed by atoms with Crippen LogP contribution in [0.5, 0.6) is 0 Å². The van der Waals surface area contributed by atoms with Crippen LogP contribution < -0.4 is 4.72 Å². The van der Waals surface area contributed by atoms with Crippen molar-refractivity contribution in [1.82, 2.24) is 14.8 Å². The zero-order valence-electron chi connectivity index (χ0n) is 15.7. The fourth-order valence-corrected chi connectivity index (χ4v) is 5.22. The minimum atomic E-state index is -3.86. The zero-order valence-corrected chi connectivity index (χ0v) is 18.1. The van der Waals surface area contributed by atoms with E-state index in [0.29, 0.717) is 26.1 Å². The maximum atomic E-state index is 12.5. The molecule has 1 N–H and O–H groups in total. The van der Waals surface area contributed by atoms with Crippen molar-refractivity contribution in [3.05, 3.63) is 33.7 Å². The summed E-state index contributed by atoms with van der Waals surface area (Å²) in [5.41, 5.74) is 0.959. The van der Waals surface area contributed by atoms with Gasteiger partial charge in [-0.3, -0.25) is 19.2 Å². The molecule has 1 aromatic heterocycles. The summed E-state index contributed by atoms with van der Waals surface area (Å²) in [7, 11) is -1.94. The number of Topliss-reactive ketones (excluding diaryl/α,β-unsaturated/α-hetero) is 1. The Hall–Kier alpha value is -1.75. The number of piperazine rings is 1. The zero-order chi connectivity index (χ0) is 19.6. The molecule has 0 spiro atoms. The van der Waals surface area contributed by atoms with Gasteiger partial charge in [-0.05, 0) is 20.0 Å². The lowest BCUT2D eigenvalue weighted by molar-refractivity contribution is -0.135. The van der Waals surface area contributed by atoms with Crippen molar-refractivity contribution >= 4 is 50.6 Å². The minimum Gasteiger partial charge on any atom is -0.340 e. The number of ketones is 1. The van der Waals surface area contributed by atoms with E-state index in [0.717, 1.165) is 12.2 Å². The van der Waals surface area contributed by atoms with Crippen LogP contribution in [0.15, 0.2) is 28.0 Å². The number of hydrogen-bond donors (Lipinski definition) is 1. The summed E-state index contributed by atoms with van der Waals surface area (Å²) in [6, 6.07) is 0. The van der Waals surface area contributed by atoms with Crippen LogP contribution in [0.25, 0.3) is 0 Å². The van der Waals surface area contributed by atoms with Crippen LogP contribution in [0.3, 0.4) is 0 Å². The predicted octanol–water partition coefficient (Wildman–Crippen LogP) is 1.43. The summed E-state index contributed by atoms with van der Waals surface area (Å²) in [6.07, 6.45) is 3.78. The Morgan fingerprint density at radius 2 is 2.04 bits per heavy atom. The molecule has 11 heteroatoms. The molecule has 0 radical (unpaired) electrons. The Morgan fingerprint density at radius 1 is 1.29 bits per heavy atom. The lowest BCUT2D eigenvalue weighted by atomic mass is 10.1. The highest BCUT2D eigenvalue weighted by Crippen LogP contribution is 2.25. The molecule has 3 rings (SSSR count). The first-order chi connectivity index (χ1) is 12.8. The number of hydrogen-bond acceptors (Lipinski definition) is 7. The van der Waals surface area contributed by atoms with Crippen LogP contribution in [0.2, 0.25) is 0 Å². The number of anilines is 1. The van der Waals surface area contributed by atoms with E-state index in [1.54, 1.807) is 16.4 Å². The number of carbonyl (C=O) groups is 2. The first kappa shape index (κ1) is 22.5. The number of sulfonamides is 1. The first-order valence-electron chi connectivity index (χ1n) is 8.60. The molecular formula is C17H23ClN4O4S2. The molecule has 1 aliphatic carbocycles. The lowest BCUT2D eigenvalue weighted by Gasteiger charge is -2.31. The van der Waals surface area contributed by atoms with Crippen LogP contribution in [-0.4, -0.2) is 68.1 Å². The summed E-state index contributed by atoms with van der Waals surface area (Å²) in [6.45, 7) is 4.02. The second kappa shape index (κ2) is 9.17. The van der Waals surface area contributed by atoms with Crippen LogP contribution in [-0.2, 0) is 26.0 Å². The maximum Gasteiger partial charge on any atom is 0.264 e. The van der Waals surface area contributed by atoms with E-state index in [1.807, 2.05) is 11.9 Å². The van der Waals surface area contributed by atoms with E-state index >= 15 is 0 Å². The molecule has 0 bridgehead atoms. The second-order valence-corrected chi connectivity index (χ2v) is 9.15. The molecule has 1 aliphatic heterocycles. The van der Waals surface area contributed by atoms with Crippen LogP contribution >= 0.6 is 23.7 Å². The quantitative estimate of drug-likeness (QED) is 0.709. The van der Waals surface area contributed by atoms with Crippen molar-refractivity contribution < 1.29 is 18.0 Å². The van der Waals surface area contributed by atoms with Gasteiger partial charge in [-0.15, -0.1) is 23.7 Å². The van der Waals surface area contributed by atoms with Gasteiger partial charge >= 0.3 is 0 Å². The number of halogens is 1. The number of allylic oxidation sites excluding steroid dienone is 3. The second-order valence-electron chi connectivity index (χ2n) is 6.64. The van der Waals surface area contributed by atoms with Gasteiger partial charge in [0.1, 0.15) is 0 Å². The molecule has 1 fully saturated rings. The Bertz CT molecular complexity index is 923. The van der Waals surface area contributed by atoms with Crippen molar-refractivity contribution in [3.8, 4) is 0 Å². The highest BCUT2D eigenvalue weighted by molar-refractivity contribution is 7.96. The predicted molar refractivity (Wildman–Crippen MR) is 111 cm³/mol. The van der Waals surface area contributed by atoms with Gasteiger partial charge < -0.3 is 4.90 Å². The molecule has 1 aromatic rings. The van der Waals surface area contributed by atoms with E-state index in [-0.39, 0.29) is 46.1 Å². The minimum absolute atomic E-state index is 0. The van der Waals surface area contributed by atoms with Crippen molar-refractivity contribution in [2.24, 2.45) is 0 Å². The van der Waals surface area contributed by atoms with Crippen molar-refractivity contribution in [1.29, 1.82) is 0 Å². The monoisotopic (exact) mass is 446 g/mol. The Kier molecular flexibility index (Phi) is 7.38. The van der Waals surface area contributed by atoms with Gasteiger partial charge in [0.25, 0.3) is 10.0 Å². The van der Waals surface area contributed by atoms with Crippen LogP contribution in [0.1, 0.15) is 19.0 Å². The molecule has 8 nitrogen and oxygen atoms in total. The number of likely N-dealkylation sites (N-methyl/N-ethyl adjacent to an activating group) is 1. The number of thiazole rings is 1. The summed E-state index contributed by atoms with van der Waals surface area (Å²) in [4.78, 5) is 31.8. The Morgan fingerprint density at radius 3 is 2.75 bits per heavy atom. The highest BCUT2D eigenvalue weighted by Gasteiger charge is 2.25.